The van der Waals surface area contributed by atoms with Crippen molar-refractivity contribution in [3.05, 3.63) is 35.5 Å². The highest BCUT2D eigenvalue weighted by Gasteiger charge is 2.31. The van der Waals surface area contributed by atoms with Crippen LogP contribution in [0.15, 0.2) is 29.3 Å². The van der Waals surface area contributed by atoms with Gasteiger partial charge >= 0.3 is 0 Å². The smallest absolute Gasteiger partial charge is 0.243 e. The third-order valence-corrected chi connectivity index (χ3v) is 8.13. The molecule has 3 heterocycles. The number of hydrogen-bond donors (Lipinski definition) is 0. The zero-order chi connectivity index (χ0) is 22.0. The summed E-state index contributed by atoms with van der Waals surface area (Å²) in [6.45, 7) is 8.71. The van der Waals surface area contributed by atoms with Gasteiger partial charge in [-0.2, -0.15) is 9.40 Å². The van der Waals surface area contributed by atoms with Gasteiger partial charge in [0, 0.05) is 45.3 Å². The SMILES string of the molecule is COc1ccc(S(=O)(=O)N2CCN(c3cc(N4CCOCC4)cnn3)CC2)c(C)c1C. The van der Waals surface area contributed by atoms with Gasteiger partial charge in [0.05, 0.1) is 37.1 Å². The first-order valence-electron chi connectivity index (χ1n) is 10.5. The Labute approximate surface area is 183 Å². The number of sulfonamides is 1. The maximum Gasteiger partial charge on any atom is 0.243 e. The Morgan fingerprint density at radius 1 is 0.968 bits per heavy atom. The third-order valence-electron chi connectivity index (χ3n) is 6.09. The summed E-state index contributed by atoms with van der Waals surface area (Å²) in [5.41, 5.74) is 2.59. The Kier molecular flexibility index (Phi) is 6.31. The molecular weight excluding hydrogens is 418 g/mol. The fourth-order valence-electron chi connectivity index (χ4n) is 4.06. The van der Waals surface area contributed by atoms with Crippen LogP contribution in [0.1, 0.15) is 11.1 Å². The van der Waals surface area contributed by atoms with Crippen molar-refractivity contribution in [3.63, 3.8) is 0 Å². The van der Waals surface area contributed by atoms with Crippen LogP contribution >= 0.6 is 0 Å². The molecule has 2 aromatic rings. The lowest BCUT2D eigenvalue weighted by atomic mass is 10.1. The summed E-state index contributed by atoms with van der Waals surface area (Å²) < 4.78 is 38.9. The third kappa shape index (κ3) is 4.32. The van der Waals surface area contributed by atoms with E-state index in [1.165, 1.54) is 0 Å². The fraction of sp³-hybridized carbons (Fsp3) is 0.524. The number of rotatable bonds is 5. The molecule has 0 N–H and O–H groups in total. The van der Waals surface area contributed by atoms with Crippen molar-refractivity contribution in [2.24, 2.45) is 0 Å². The van der Waals surface area contributed by atoms with Crippen LogP contribution in [0.3, 0.4) is 0 Å². The number of ether oxygens (including phenoxy) is 2. The summed E-state index contributed by atoms with van der Waals surface area (Å²) in [5, 5.41) is 8.45. The standard InChI is InChI=1S/C21H29N5O4S/c1-16-17(2)20(5-4-19(16)29-3)31(27,28)26-8-6-25(7-9-26)21-14-18(15-22-23-21)24-10-12-30-13-11-24/h4-5,14-15H,6-13H2,1-3H3. The van der Waals surface area contributed by atoms with Crippen LogP contribution in [0, 0.1) is 13.8 Å². The molecular formula is C21H29N5O4S. The van der Waals surface area contributed by atoms with Gasteiger partial charge in [0.25, 0.3) is 0 Å². The average Bonchev–Trinajstić information content (AvgIpc) is 2.81. The highest BCUT2D eigenvalue weighted by molar-refractivity contribution is 7.89. The quantitative estimate of drug-likeness (QED) is 0.681. The molecule has 2 saturated heterocycles. The van der Waals surface area contributed by atoms with Gasteiger partial charge in [0.1, 0.15) is 5.75 Å². The van der Waals surface area contributed by atoms with Crippen molar-refractivity contribution in [3.8, 4) is 5.75 Å². The zero-order valence-electron chi connectivity index (χ0n) is 18.2. The summed E-state index contributed by atoms with van der Waals surface area (Å²) in [6, 6.07) is 5.39. The van der Waals surface area contributed by atoms with E-state index < -0.39 is 10.0 Å². The van der Waals surface area contributed by atoms with Crippen molar-refractivity contribution < 1.29 is 17.9 Å². The lowest BCUT2D eigenvalue weighted by molar-refractivity contribution is 0.122. The summed E-state index contributed by atoms with van der Waals surface area (Å²) >= 11 is 0. The first-order valence-corrected chi connectivity index (χ1v) is 11.9. The number of anilines is 2. The fourth-order valence-corrected chi connectivity index (χ4v) is 5.77. The van der Waals surface area contributed by atoms with Gasteiger partial charge in [0.2, 0.25) is 10.0 Å². The molecule has 10 heteroatoms. The molecule has 0 radical (unpaired) electrons. The lowest BCUT2D eigenvalue weighted by Gasteiger charge is -2.35. The highest BCUT2D eigenvalue weighted by atomic mass is 32.2. The predicted octanol–water partition coefficient (Wildman–Crippen LogP) is 1.45. The van der Waals surface area contributed by atoms with Crippen molar-refractivity contribution >= 4 is 21.5 Å². The van der Waals surface area contributed by atoms with Crippen LogP contribution in [-0.4, -0.2) is 82.5 Å². The minimum absolute atomic E-state index is 0.341. The second kappa shape index (κ2) is 8.97. The van der Waals surface area contributed by atoms with Crippen LogP contribution < -0.4 is 14.5 Å². The Morgan fingerprint density at radius 2 is 1.68 bits per heavy atom. The molecule has 0 saturated carbocycles. The van der Waals surface area contributed by atoms with E-state index in [2.05, 4.69) is 20.0 Å². The van der Waals surface area contributed by atoms with Crippen LogP contribution in [0.2, 0.25) is 0 Å². The Bertz CT molecular complexity index is 1030. The van der Waals surface area contributed by atoms with Gasteiger partial charge in [0.15, 0.2) is 5.82 Å². The lowest BCUT2D eigenvalue weighted by Crippen LogP contribution is -2.49. The van der Waals surface area contributed by atoms with Gasteiger partial charge in [-0.3, -0.25) is 0 Å². The molecule has 0 aliphatic carbocycles. The van der Waals surface area contributed by atoms with E-state index in [-0.39, 0.29) is 0 Å². The molecule has 168 valence electrons. The zero-order valence-corrected chi connectivity index (χ0v) is 19.1. The first-order chi connectivity index (χ1) is 14.9. The van der Waals surface area contributed by atoms with Crippen LogP contribution in [0.25, 0.3) is 0 Å². The van der Waals surface area contributed by atoms with Crippen LogP contribution in [-0.2, 0) is 14.8 Å². The summed E-state index contributed by atoms with van der Waals surface area (Å²) in [5.74, 6) is 1.47. The maximum absolute atomic E-state index is 13.3. The van der Waals surface area contributed by atoms with Gasteiger partial charge < -0.3 is 19.3 Å². The van der Waals surface area contributed by atoms with Gasteiger partial charge in [-0.25, -0.2) is 8.42 Å². The van der Waals surface area contributed by atoms with E-state index in [0.29, 0.717) is 50.0 Å². The van der Waals surface area contributed by atoms with Gasteiger partial charge in [-0.1, -0.05) is 0 Å². The minimum Gasteiger partial charge on any atom is -0.496 e. The second-order valence-corrected chi connectivity index (χ2v) is 9.68. The Morgan fingerprint density at radius 3 is 2.35 bits per heavy atom. The topological polar surface area (TPSA) is 88.1 Å². The number of methoxy groups -OCH3 is 1. The molecule has 0 amide bonds. The summed E-state index contributed by atoms with van der Waals surface area (Å²) in [4.78, 5) is 4.67. The number of hydrogen-bond acceptors (Lipinski definition) is 8. The van der Waals surface area contributed by atoms with Crippen LogP contribution in [0.5, 0.6) is 5.75 Å². The van der Waals surface area contributed by atoms with E-state index in [0.717, 1.165) is 35.7 Å². The minimum atomic E-state index is -3.58. The van der Waals surface area contributed by atoms with E-state index in [1.54, 1.807) is 29.7 Å². The van der Waals surface area contributed by atoms with Crippen molar-refractivity contribution in [1.82, 2.24) is 14.5 Å². The van der Waals surface area contributed by atoms with E-state index in [1.807, 2.05) is 19.9 Å². The van der Waals surface area contributed by atoms with Crippen molar-refractivity contribution in [2.45, 2.75) is 18.7 Å². The molecule has 1 aromatic heterocycles. The van der Waals surface area contributed by atoms with E-state index in [4.69, 9.17) is 9.47 Å². The highest BCUT2D eigenvalue weighted by Crippen LogP contribution is 2.30. The molecule has 0 bridgehead atoms. The number of morpholine rings is 1. The Balaban J connectivity index is 1.47. The first kappa shape index (κ1) is 21.8. The largest absolute Gasteiger partial charge is 0.496 e. The number of benzene rings is 1. The molecule has 0 atom stereocenters. The average molecular weight is 448 g/mol. The Hall–Kier alpha value is -2.43. The van der Waals surface area contributed by atoms with E-state index >= 15 is 0 Å². The molecule has 0 spiro atoms. The summed E-state index contributed by atoms with van der Waals surface area (Å²) in [6.07, 6.45) is 1.77. The van der Waals surface area contributed by atoms with Crippen molar-refractivity contribution in [1.29, 1.82) is 0 Å². The molecule has 1 aromatic carbocycles. The molecule has 31 heavy (non-hydrogen) atoms. The number of piperazine rings is 1. The molecule has 2 aliphatic heterocycles. The molecule has 4 rings (SSSR count). The van der Waals surface area contributed by atoms with Crippen molar-refractivity contribution in [2.75, 3.05) is 69.4 Å². The number of aromatic nitrogens is 2. The molecule has 2 aliphatic rings. The molecule has 2 fully saturated rings. The molecule has 0 unspecified atom stereocenters. The van der Waals surface area contributed by atoms with E-state index in [9.17, 15) is 8.42 Å². The predicted molar refractivity (Wildman–Crippen MR) is 119 cm³/mol. The number of nitrogens with zero attached hydrogens (tertiary/aromatic N) is 5. The van der Waals surface area contributed by atoms with Crippen LogP contribution in [0.4, 0.5) is 11.5 Å². The van der Waals surface area contributed by atoms with Gasteiger partial charge in [-0.15, -0.1) is 5.10 Å². The maximum atomic E-state index is 13.3. The van der Waals surface area contributed by atoms with Gasteiger partial charge in [-0.05, 0) is 37.1 Å². The normalized spacial score (nSPS) is 18.3. The second-order valence-electron chi connectivity index (χ2n) is 7.78. The summed E-state index contributed by atoms with van der Waals surface area (Å²) in [7, 11) is -1.99. The monoisotopic (exact) mass is 447 g/mol. The molecule has 9 nitrogen and oxygen atoms in total.